The summed E-state index contributed by atoms with van der Waals surface area (Å²) < 4.78 is 0. The molecule has 2 rings (SSSR count). The second-order valence-corrected chi connectivity index (χ2v) is 5.78. The molecule has 0 bridgehead atoms. The van der Waals surface area contributed by atoms with Crippen LogP contribution in [0.4, 0.5) is 5.69 Å². The molecule has 1 atom stereocenters. The van der Waals surface area contributed by atoms with Crippen LogP contribution in [0.3, 0.4) is 0 Å². The summed E-state index contributed by atoms with van der Waals surface area (Å²) in [5.41, 5.74) is 4.72. The Hall–Kier alpha value is -3.18. The number of anilines is 1. The first-order chi connectivity index (χ1) is 12.5. The molecule has 0 unspecified atom stereocenters. The molecule has 0 aromatic heterocycles. The summed E-state index contributed by atoms with van der Waals surface area (Å²) in [6.07, 6.45) is 4.61. The predicted octanol–water partition coefficient (Wildman–Crippen LogP) is 3.69. The van der Waals surface area contributed by atoms with E-state index in [0.29, 0.717) is 5.56 Å². The van der Waals surface area contributed by atoms with E-state index in [0.717, 1.165) is 16.8 Å². The zero-order valence-electron chi connectivity index (χ0n) is 14.8. The van der Waals surface area contributed by atoms with E-state index in [1.165, 1.54) is 6.08 Å². The SMILES string of the molecule is CNc1ccc(C(=O)[C@H](C)/C=C(/C=C/C(=O)NO)c2ccccc2)cc1. The summed E-state index contributed by atoms with van der Waals surface area (Å²) in [5.74, 6) is -1.03. The Bertz CT molecular complexity index is 809. The van der Waals surface area contributed by atoms with Crippen molar-refractivity contribution >= 4 is 23.0 Å². The molecule has 0 radical (unpaired) electrons. The number of hydrogen-bond donors (Lipinski definition) is 3. The second-order valence-electron chi connectivity index (χ2n) is 5.78. The van der Waals surface area contributed by atoms with Gasteiger partial charge in [0.15, 0.2) is 5.78 Å². The van der Waals surface area contributed by atoms with Crippen LogP contribution in [0.2, 0.25) is 0 Å². The smallest absolute Gasteiger partial charge is 0.267 e. The number of carbonyl (C=O) groups excluding carboxylic acids is 2. The van der Waals surface area contributed by atoms with Crippen molar-refractivity contribution in [1.29, 1.82) is 0 Å². The van der Waals surface area contributed by atoms with E-state index in [1.807, 2.05) is 62.5 Å². The van der Waals surface area contributed by atoms with E-state index in [-0.39, 0.29) is 11.7 Å². The fourth-order valence-electron chi connectivity index (χ4n) is 2.49. The third kappa shape index (κ3) is 5.16. The van der Waals surface area contributed by atoms with Crippen molar-refractivity contribution in [2.24, 2.45) is 5.92 Å². The Balaban J connectivity index is 2.30. The molecule has 2 aromatic rings. The summed E-state index contributed by atoms with van der Waals surface area (Å²) in [5, 5.41) is 11.7. The van der Waals surface area contributed by atoms with Crippen LogP contribution < -0.4 is 10.8 Å². The monoisotopic (exact) mass is 350 g/mol. The maximum Gasteiger partial charge on any atom is 0.267 e. The number of hydroxylamine groups is 1. The Labute approximate surface area is 153 Å². The van der Waals surface area contributed by atoms with Crippen molar-refractivity contribution < 1.29 is 14.8 Å². The fourth-order valence-corrected chi connectivity index (χ4v) is 2.49. The van der Waals surface area contributed by atoms with Gasteiger partial charge in [0.25, 0.3) is 5.91 Å². The largest absolute Gasteiger partial charge is 0.388 e. The van der Waals surface area contributed by atoms with E-state index in [2.05, 4.69) is 5.32 Å². The van der Waals surface area contributed by atoms with Gasteiger partial charge in [-0.3, -0.25) is 14.8 Å². The minimum atomic E-state index is -0.631. The maximum absolute atomic E-state index is 12.7. The highest BCUT2D eigenvalue weighted by Crippen LogP contribution is 2.21. The van der Waals surface area contributed by atoms with Gasteiger partial charge in [-0.2, -0.15) is 0 Å². The van der Waals surface area contributed by atoms with Crippen LogP contribution in [0.25, 0.3) is 5.57 Å². The fraction of sp³-hybridized carbons (Fsp3) is 0.143. The van der Waals surface area contributed by atoms with Crippen LogP contribution in [0.15, 0.2) is 72.8 Å². The first-order valence-corrected chi connectivity index (χ1v) is 8.26. The lowest BCUT2D eigenvalue weighted by Crippen LogP contribution is -2.15. The van der Waals surface area contributed by atoms with Crippen LogP contribution in [0, 0.1) is 5.92 Å². The van der Waals surface area contributed by atoms with Gasteiger partial charge in [-0.05, 0) is 41.5 Å². The van der Waals surface area contributed by atoms with Gasteiger partial charge in [0, 0.05) is 30.3 Å². The molecule has 0 saturated carbocycles. The molecule has 1 amide bonds. The first-order valence-electron chi connectivity index (χ1n) is 8.26. The van der Waals surface area contributed by atoms with Gasteiger partial charge in [0.05, 0.1) is 0 Å². The Morgan fingerprint density at radius 1 is 0.962 bits per heavy atom. The highest BCUT2D eigenvalue weighted by Gasteiger charge is 2.14. The molecular formula is C21H22N2O3. The number of hydrogen-bond acceptors (Lipinski definition) is 4. The van der Waals surface area contributed by atoms with E-state index < -0.39 is 5.91 Å². The molecule has 5 nitrogen and oxygen atoms in total. The van der Waals surface area contributed by atoms with Crippen LogP contribution in [-0.4, -0.2) is 23.9 Å². The number of nitrogens with one attached hydrogen (secondary N) is 2. The lowest BCUT2D eigenvalue weighted by Gasteiger charge is -2.10. The molecule has 0 aliphatic heterocycles. The number of amides is 1. The molecule has 3 N–H and O–H groups in total. The van der Waals surface area contributed by atoms with E-state index in [9.17, 15) is 9.59 Å². The molecule has 0 fully saturated rings. The van der Waals surface area contributed by atoms with Gasteiger partial charge in [0.1, 0.15) is 0 Å². The molecule has 0 saturated heterocycles. The predicted molar refractivity (Wildman–Crippen MR) is 103 cm³/mol. The van der Waals surface area contributed by atoms with E-state index in [1.54, 1.807) is 23.7 Å². The third-order valence-electron chi connectivity index (χ3n) is 3.93. The van der Waals surface area contributed by atoms with Crippen molar-refractivity contribution in [3.8, 4) is 0 Å². The number of allylic oxidation sites excluding steroid dienone is 3. The van der Waals surface area contributed by atoms with Gasteiger partial charge >= 0.3 is 0 Å². The van der Waals surface area contributed by atoms with Crippen LogP contribution in [0.1, 0.15) is 22.8 Å². The minimum absolute atomic E-state index is 0.0129. The molecule has 0 heterocycles. The van der Waals surface area contributed by atoms with Crippen LogP contribution in [0.5, 0.6) is 0 Å². The summed E-state index contributed by atoms with van der Waals surface area (Å²) in [7, 11) is 1.82. The van der Waals surface area contributed by atoms with Crippen LogP contribution in [-0.2, 0) is 4.79 Å². The number of rotatable bonds is 7. The molecule has 2 aromatic carbocycles. The lowest BCUT2D eigenvalue weighted by molar-refractivity contribution is -0.124. The van der Waals surface area contributed by atoms with Crippen molar-refractivity contribution in [1.82, 2.24) is 5.48 Å². The molecule has 0 aliphatic rings. The highest BCUT2D eigenvalue weighted by molar-refractivity contribution is 6.00. The average molecular weight is 350 g/mol. The van der Waals surface area contributed by atoms with Gasteiger partial charge in [-0.15, -0.1) is 0 Å². The molecule has 134 valence electrons. The topological polar surface area (TPSA) is 78.4 Å². The van der Waals surface area contributed by atoms with E-state index in [4.69, 9.17) is 5.21 Å². The Kier molecular flexibility index (Phi) is 6.88. The standard InChI is InChI=1S/C21H22N2O3/c1-15(21(25)17-8-11-19(22-2)12-9-17)14-18(10-13-20(24)23-26)16-6-4-3-5-7-16/h3-15,22,26H,1-2H3,(H,23,24)/b13-10+,18-14-/t15-/m1/s1. The number of Topliss-reactive ketones (excluding diaryl/α,β-unsaturated/α-hetero) is 1. The van der Waals surface area contributed by atoms with Crippen molar-refractivity contribution in [2.75, 3.05) is 12.4 Å². The van der Waals surface area contributed by atoms with Gasteiger partial charge in [0.2, 0.25) is 0 Å². The number of benzene rings is 2. The lowest BCUT2D eigenvalue weighted by atomic mass is 9.94. The Morgan fingerprint density at radius 2 is 1.62 bits per heavy atom. The van der Waals surface area contributed by atoms with Gasteiger partial charge in [-0.1, -0.05) is 43.3 Å². The maximum atomic E-state index is 12.7. The second kappa shape index (κ2) is 9.34. The summed E-state index contributed by atoms with van der Waals surface area (Å²) in [6, 6.07) is 16.7. The van der Waals surface area contributed by atoms with Crippen molar-refractivity contribution in [2.45, 2.75) is 6.92 Å². The summed E-state index contributed by atoms with van der Waals surface area (Å²) >= 11 is 0. The first kappa shape index (κ1) is 19.1. The van der Waals surface area contributed by atoms with Crippen LogP contribution >= 0.6 is 0 Å². The van der Waals surface area contributed by atoms with Gasteiger partial charge < -0.3 is 5.32 Å². The average Bonchev–Trinajstić information content (AvgIpc) is 2.70. The molecule has 0 spiro atoms. The summed E-state index contributed by atoms with van der Waals surface area (Å²) in [4.78, 5) is 24.0. The Morgan fingerprint density at radius 3 is 2.19 bits per heavy atom. The van der Waals surface area contributed by atoms with E-state index >= 15 is 0 Å². The zero-order valence-corrected chi connectivity index (χ0v) is 14.8. The number of carbonyl (C=O) groups is 2. The van der Waals surface area contributed by atoms with Crippen molar-refractivity contribution in [3.05, 3.63) is 84.0 Å². The summed E-state index contributed by atoms with van der Waals surface area (Å²) in [6.45, 7) is 1.82. The normalized spacial score (nSPS) is 12.7. The quantitative estimate of drug-likeness (QED) is 0.234. The highest BCUT2D eigenvalue weighted by atomic mass is 16.5. The van der Waals surface area contributed by atoms with Crippen molar-refractivity contribution in [3.63, 3.8) is 0 Å². The number of ketones is 1. The minimum Gasteiger partial charge on any atom is -0.388 e. The van der Waals surface area contributed by atoms with Gasteiger partial charge in [-0.25, -0.2) is 5.48 Å². The molecule has 26 heavy (non-hydrogen) atoms. The molecule has 5 heteroatoms. The molecule has 0 aliphatic carbocycles. The zero-order chi connectivity index (χ0) is 18.9. The third-order valence-corrected chi connectivity index (χ3v) is 3.93. The molecular weight excluding hydrogens is 328 g/mol.